The quantitative estimate of drug-likeness (QED) is 0.165. The Morgan fingerprint density at radius 1 is 0.500 bits per heavy atom. The zero-order valence-corrected chi connectivity index (χ0v) is 39.0. The molecule has 9 aromatic rings. The molecule has 0 unspecified atom stereocenters. The van der Waals surface area contributed by atoms with E-state index in [2.05, 4.69) is 188 Å². The van der Waals surface area contributed by atoms with Gasteiger partial charge in [-0.2, -0.15) is 0 Å². The molecule has 320 valence electrons. The number of fused-ring (bicyclic) bond motifs is 6. The zero-order valence-electron chi connectivity index (χ0n) is 39.0. The highest BCUT2D eigenvalue weighted by atomic mass is 16.3. The second-order valence-corrected chi connectivity index (χ2v) is 14.7. The Morgan fingerprint density at radius 2 is 0.903 bits per heavy atom. The van der Waals surface area contributed by atoms with Gasteiger partial charge in [-0.1, -0.05) is 231 Å². The molecule has 0 aliphatic rings. The minimum atomic E-state index is 0.847. The average Bonchev–Trinajstić information content (AvgIpc) is 3.89. The summed E-state index contributed by atoms with van der Waals surface area (Å²) in [5.41, 5.74) is 13.1. The molecule has 62 heavy (non-hydrogen) atoms. The van der Waals surface area contributed by atoms with Gasteiger partial charge in [-0.15, -0.1) is 12.3 Å². The van der Waals surface area contributed by atoms with Crippen molar-refractivity contribution in [2.24, 2.45) is 0 Å². The standard InChI is InChI=1S/C21H16O.C19H14O.C7H8.C4H10.C4H6.C3H8.C2H6/c1-14(2)16-11-12-18-19-10-6-9-17(15-7-4-3-5-8-15)21(19)22-20(18)13-16;1-13-10-11-16-17-9-5-8-15(14-6-3-2-4-7-14)19(17)20-18(16)12-13;1-7-5-3-2-4-6-7;2*1-3-4-2;1-3-2;1-2/h3-13H,1H2,2H3;2-12H,1H3;2-6H,1H3;3-4H2,1-2H3;1H,4H2,2H3;3H2,1-2H3;1-2H3. The number of benzene rings is 7. The van der Waals surface area contributed by atoms with Crippen molar-refractivity contribution in [2.45, 2.75) is 94.9 Å². The molecule has 0 amide bonds. The van der Waals surface area contributed by atoms with Crippen LogP contribution in [0.5, 0.6) is 0 Å². The van der Waals surface area contributed by atoms with E-state index in [9.17, 15) is 0 Å². The van der Waals surface area contributed by atoms with E-state index in [1.807, 2.05) is 58.0 Å². The number of para-hydroxylation sites is 2. The Hall–Kier alpha value is -6.56. The third kappa shape index (κ3) is 14.3. The fourth-order valence-electron chi connectivity index (χ4n) is 6.19. The molecule has 2 heterocycles. The zero-order chi connectivity index (χ0) is 45.3. The molecule has 7 aromatic carbocycles. The number of rotatable bonds is 4. The molecular formula is C60H68O2. The van der Waals surface area contributed by atoms with Crippen LogP contribution in [0.25, 0.3) is 71.7 Å². The number of unbranched alkanes of at least 4 members (excludes halogenated alkanes) is 1. The molecule has 0 saturated heterocycles. The van der Waals surface area contributed by atoms with Crippen LogP contribution in [-0.4, -0.2) is 0 Å². The summed E-state index contributed by atoms with van der Waals surface area (Å²) >= 11 is 0. The lowest BCUT2D eigenvalue weighted by atomic mass is 10.0. The molecule has 2 nitrogen and oxygen atoms in total. The first-order valence-corrected chi connectivity index (χ1v) is 22.3. The average molecular weight is 821 g/mol. The van der Waals surface area contributed by atoms with Crippen LogP contribution >= 0.6 is 0 Å². The van der Waals surface area contributed by atoms with Crippen molar-refractivity contribution in [1.82, 2.24) is 0 Å². The third-order valence-corrected chi connectivity index (χ3v) is 9.46. The second-order valence-electron chi connectivity index (χ2n) is 14.7. The molecule has 0 N–H and O–H groups in total. The lowest BCUT2D eigenvalue weighted by molar-refractivity contribution is 0.669. The first-order chi connectivity index (χ1) is 30.2. The first-order valence-electron chi connectivity index (χ1n) is 22.3. The van der Waals surface area contributed by atoms with Crippen molar-refractivity contribution in [3.05, 3.63) is 187 Å². The van der Waals surface area contributed by atoms with Crippen LogP contribution in [-0.2, 0) is 0 Å². The van der Waals surface area contributed by atoms with Gasteiger partial charge < -0.3 is 8.83 Å². The molecule has 2 heteroatoms. The van der Waals surface area contributed by atoms with Gasteiger partial charge in [0.25, 0.3) is 0 Å². The molecule has 0 bridgehead atoms. The fraction of sp³-hybridized carbons (Fsp3) is 0.233. The number of furan rings is 2. The topological polar surface area (TPSA) is 26.3 Å². The predicted molar refractivity (Wildman–Crippen MR) is 276 cm³/mol. The van der Waals surface area contributed by atoms with E-state index in [1.54, 1.807) is 0 Å². The molecule has 0 saturated carbocycles. The maximum atomic E-state index is 6.19. The Labute approximate surface area is 373 Å². The minimum absolute atomic E-state index is 0.847. The van der Waals surface area contributed by atoms with E-state index >= 15 is 0 Å². The van der Waals surface area contributed by atoms with Gasteiger partial charge in [0.1, 0.15) is 22.3 Å². The smallest absolute Gasteiger partial charge is 0.143 e. The molecule has 2 aromatic heterocycles. The fourth-order valence-corrected chi connectivity index (χ4v) is 6.19. The SMILES string of the molecule is C#CCC.C=C(C)c1ccc2c(c1)oc1c(-c3ccccc3)cccc12.CC.CCC.CCCC.Cc1ccc2c(c1)oc1c(-c3ccccc3)cccc12.Cc1ccccc1. The van der Waals surface area contributed by atoms with Crippen molar-refractivity contribution < 1.29 is 8.83 Å². The lowest BCUT2D eigenvalue weighted by Crippen LogP contribution is -1.77. The van der Waals surface area contributed by atoms with Crippen LogP contribution < -0.4 is 0 Å². The number of allylic oxidation sites excluding steroid dienone is 1. The van der Waals surface area contributed by atoms with Crippen LogP contribution in [0.2, 0.25) is 0 Å². The maximum Gasteiger partial charge on any atom is 0.143 e. The van der Waals surface area contributed by atoms with Crippen LogP contribution in [0.15, 0.2) is 179 Å². The van der Waals surface area contributed by atoms with Gasteiger partial charge in [0, 0.05) is 39.1 Å². The van der Waals surface area contributed by atoms with Gasteiger partial charge in [0.15, 0.2) is 0 Å². The highest BCUT2D eigenvalue weighted by Crippen LogP contribution is 2.37. The minimum Gasteiger partial charge on any atom is -0.455 e. The van der Waals surface area contributed by atoms with Gasteiger partial charge in [0.2, 0.25) is 0 Å². The lowest BCUT2D eigenvalue weighted by Gasteiger charge is -2.01. The van der Waals surface area contributed by atoms with Gasteiger partial charge in [0.05, 0.1) is 0 Å². The highest BCUT2D eigenvalue weighted by Gasteiger charge is 2.13. The van der Waals surface area contributed by atoms with Gasteiger partial charge in [-0.3, -0.25) is 0 Å². The molecule has 0 spiro atoms. The Kier molecular flexibility index (Phi) is 21.9. The number of hydrogen-bond donors (Lipinski definition) is 0. The van der Waals surface area contributed by atoms with Gasteiger partial charge in [-0.25, -0.2) is 0 Å². The van der Waals surface area contributed by atoms with E-state index in [-0.39, 0.29) is 0 Å². The van der Waals surface area contributed by atoms with Crippen molar-refractivity contribution in [3.63, 3.8) is 0 Å². The maximum absolute atomic E-state index is 6.19. The Morgan fingerprint density at radius 3 is 1.27 bits per heavy atom. The molecule has 9 rings (SSSR count). The summed E-state index contributed by atoms with van der Waals surface area (Å²) in [7, 11) is 0. The van der Waals surface area contributed by atoms with Crippen LogP contribution in [0.4, 0.5) is 0 Å². The Balaban J connectivity index is 0.000000233. The number of aryl methyl sites for hydroxylation is 2. The van der Waals surface area contributed by atoms with Crippen molar-refractivity contribution in [3.8, 4) is 34.6 Å². The second kappa shape index (κ2) is 27.3. The summed E-state index contributed by atoms with van der Waals surface area (Å²) in [5, 5.41) is 4.67. The summed E-state index contributed by atoms with van der Waals surface area (Å²) in [6, 6.07) is 56.3. The monoisotopic (exact) mass is 821 g/mol. The Bertz CT molecular complexity index is 2690. The largest absolute Gasteiger partial charge is 0.455 e. The summed E-state index contributed by atoms with van der Waals surface area (Å²) in [6.07, 6.45) is 9.51. The molecule has 0 atom stereocenters. The van der Waals surface area contributed by atoms with Gasteiger partial charge in [-0.05, 0) is 61.2 Å². The van der Waals surface area contributed by atoms with E-state index < -0.39 is 0 Å². The van der Waals surface area contributed by atoms with Crippen molar-refractivity contribution in [2.75, 3.05) is 0 Å². The van der Waals surface area contributed by atoms with E-state index in [1.165, 1.54) is 52.3 Å². The molecule has 0 radical (unpaired) electrons. The van der Waals surface area contributed by atoms with E-state index in [4.69, 9.17) is 15.3 Å². The highest BCUT2D eigenvalue weighted by molar-refractivity contribution is 6.10. The molecule has 0 aliphatic heterocycles. The van der Waals surface area contributed by atoms with Crippen molar-refractivity contribution in [1.29, 1.82) is 0 Å². The van der Waals surface area contributed by atoms with E-state index in [0.717, 1.165) is 61.8 Å². The summed E-state index contributed by atoms with van der Waals surface area (Å²) in [5.74, 6) is 2.43. The summed E-state index contributed by atoms with van der Waals surface area (Å²) in [4.78, 5) is 0. The molecule has 0 fully saturated rings. The van der Waals surface area contributed by atoms with Crippen LogP contribution in [0.1, 0.15) is 97.8 Å². The van der Waals surface area contributed by atoms with Gasteiger partial charge >= 0.3 is 0 Å². The summed E-state index contributed by atoms with van der Waals surface area (Å²) in [6.45, 7) is 24.7. The van der Waals surface area contributed by atoms with E-state index in [0.29, 0.717) is 0 Å². The van der Waals surface area contributed by atoms with Crippen LogP contribution in [0, 0.1) is 26.2 Å². The number of hydrogen-bond acceptors (Lipinski definition) is 2. The van der Waals surface area contributed by atoms with Crippen molar-refractivity contribution >= 4 is 49.5 Å². The first kappa shape index (κ1) is 49.8. The normalized spacial score (nSPS) is 9.76. The van der Waals surface area contributed by atoms with Crippen LogP contribution in [0.3, 0.4) is 0 Å². The number of terminal acetylenes is 1. The summed E-state index contributed by atoms with van der Waals surface area (Å²) < 4.78 is 12.3. The molecule has 0 aliphatic carbocycles. The molecular weight excluding hydrogens is 753 g/mol. The third-order valence-electron chi connectivity index (χ3n) is 9.46. The predicted octanol–water partition coefficient (Wildman–Crippen LogP) is 19.1.